The lowest BCUT2D eigenvalue weighted by Gasteiger charge is -2.02. The summed E-state index contributed by atoms with van der Waals surface area (Å²) in [7, 11) is 0. The van der Waals surface area contributed by atoms with Crippen molar-refractivity contribution in [1.29, 1.82) is 0 Å². The van der Waals surface area contributed by atoms with Gasteiger partial charge < -0.3 is 5.32 Å². The fraction of sp³-hybridized carbons (Fsp3) is 0.0588. The highest BCUT2D eigenvalue weighted by Crippen LogP contribution is 2.32. The van der Waals surface area contributed by atoms with E-state index in [4.69, 9.17) is 0 Å². The number of ketones is 1. The zero-order valence-corrected chi connectivity index (χ0v) is 11.3. The quantitative estimate of drug-likeness (QED) is 0.677. The summed E-state index contributed by atoms with van der Waals surface area (Å²) in [5, 5.41) is 2.62. The number of fused-ring (bicyclic) bond motifs is 1. The normalized spacial score (nSPS) is 15.0. The van der Waals surface area contributed by atoms with Gasteiger partial charge in [0.25, 0.3) is 5.91 Å². The van der Waals surface area contributed by atoms with E-state index in [9.17, 15) is 14.0 Å². The molecule has 2 aromatic carbocycles. The average molecular weight is 281 g/mol. The van der Waals surface area contributed by atoms with E-state index in [0.717, 1.165) is 5.56 Å². The molecule has 0 fully saturated rings. The van der Waals surface area contributed by atoms with Gasteiger partial charge in [-0.2, -0.15) is 0 Å². The van der Waals surface area contributed by atoms with Crippen molar-refractivity contribution in [3.63, 3.8) is 0 Å². The Morgan fingerprint density at radius 3 is 2.71 bits per heavy atom. The second-order valence-electron chi connectivity index (χ2n) is 4.88. The highest BCUT2D eigenvalue weighted by Gasteiger charge is 2.25. The molecule has 3 nitrogen and oxygen atoms in total. The predicted molar refractivity (Wildman–Crippen MR) is 78.5 cm³/mol. The molecule has 104 valence electrons. The minimum absolute atomic E-state index is 0.192. The van der Waals surface area contributed by atoms with Crippen molar-refractivity contribution in [2.45, 2.75) is 6.92 Å². The monoisotopic (exact) mass is 281 g/mol. The summed E-state index contributed by atoms with van der Waals surface area (Å²) in [5.41, 5.74) is 2.49. The number of nitrogens with one attached hydrogen (secondary N) is 1. The number of amides is 1. The van der Waals surface area contributed by atoms with Crippen LogP contribution in [-0.2, 0) is 4.79 Å². The molecule has 1 N–H and O–H groups in total. The summed E-state index contributed by atoms with van der Waals surface area (Å²) in [6.45, 7) is 1.83. The molecule has 0 aliphatic carbocycles. The second-order valence-corrected chi connectivity index (χ2v) is 4.88. The van der Waals surface area contributed by atoms with Crippen LogP contribution in [-0.4, -0.2) is 11.7 Å². The molecular weight excluding hydrogens is 269 g/mol. The number of carbonyl (C=O) groups is 2. The van der Waals surface area contributed by atoms with E-state index in [1.165, 1.54) is 24.3 Å². The number of halogens is 1. The molecule has 0 atom stereocenters. The number of carbonyl (C=O) groups excluding carboxylic acids is 2. The van der Waals surface area contributed by atoms with Crippen LogP contribution in [0.15, 0.2) is 48.5 Å². The van der Waals surface area contributed by atoms with E-state index in [1.54, 1.807) is 12.1 Å². The Labute approximate surface area is 121 Å². The standard InChI is InChI=1S/C17H12FNO2/c1-10-4-2-3-5-12(10)16(20)9-14-13-8-11(18)6-7-15(13)19-17(14)21/h2-9H,1H3,(H,19,21). The molecule has 1 aliphatic rings. The maximum Gasteiger partial charge on any atom is 0.256 e. The Morgan fingerprint density at radius 1 is 1.19 bits per heavy atom. The van der Waals surface area contributed by atoms with Crippen molar-refractivity contribution in [2.24, 2.45) is 0 Å². The molecule has 21 heavy (non-hydrogen) atoms. The van der Waals surface area contributed by atoms with Crippen molar-refractivity contribution in [3.8, 4) is 0 Å². The summed E-state index contributed by atoms with van der Waals surface area (Å²) in [6, 6.07) is 11.1. The topological polar surface area (TPSA) is 46.2 Å². The molecule has 2 aromatic rings. The van der Waals surface area contributed by atoms with Gasteiger partial charge in [0, 0.05) is 16.8 Å². The van der Waals surface area contributed by atoms with Gasteiger partial charge in [0.05, 0.1) is 5.57 Å². The minimum atomic E-state index is -0.445. The van der Waals surface area contributed by atoms with E-state index in [2.05, 4.69) is 5.32 Å². The number of allylic oxidation sites excluding steroid dienone is 1. The van der Waals surface area contributed by atoms with Crippen LogP contribution in [0.2, 0.25) is 0 Å². The molecule has 0 aromatic heterocycles. The molecule has 0 spiro atoms. The molecule has 0 saturated carbocycles. The molecular formula is C17H12FNO2. The van der Waals surface area contributed by atoms with Gasteiger partial charge in [0.2, 0.25) is 0 Å². The zero-order valence-electron chi connectivity index (χ0n) is 11.3. The SMILES string of the molecule is Cc1ccccc1C(=O)C=C1C(=O)Nc2ccc(F)cc21. The van der Waals surface area contributed by atoms with E-state index < -0.39 is 11.7 Å². The fourth-order valence-electron chi connectivity index (χ4n) is 2.36. The largest absolute Gasteiger partial charge is 0.321 e. The van der Waals surface area contributed by atoms with Crippen LogP contribution in [0.25, 0.3) is 5.57 Å². The number of hydrogen-bond acceptors (Lipinski definition) is 2. The highest BCUT2D eigenvalue weighted by molar-refractivity contribution is 6.35. The van der Waals surface area contributed by atoms with E-state index >= 15 is 0 Å². The first kappa shape index (κ1) is 13.2. The van der Waals surface area contributed by atoms with Crippen LogP contribution in [0.1, 0.15) is 21.5 Å². The minimum Gasteiger partial charge on any atom is -0.321 e. The zero-order chi connectivity index (χ0) is 15.0. The number of benzene rings is 2. The molecule has 0 bridgehead atoms. The van der Waals surface area contributed by atoms with Gasteiger partial charge in [0.15, 0.2) is 5.78 Å². The van der Waals surface area contributed by atoms with Crippen molar-refractivity contribution < 1.29 is 14.0 Å². The van der Waals surface area contributed by atoms with Crippen LogP contribution in [0.3, 0.4) is 0 Å². The second kappa shape index (κ2) is 4.98. The van der Waals surface area contributed by atoms with Gasteiger partial charge >= 0.3 is 0 Å². The van der Waals surface area contributed by atoms with Crippen LogP contribution in [0.4, 0.5) is 10.1 Å². The summed E-state index contributed by atoms with van der Waals surface area (Å²) in [5.74, 6) is -1.10. The third kappa shape index (κ3) is 2.36. The summed E-state index contributed by atoms with van der Waals surface area (Å²) >= 11 is 0. The lowest BCUT2D eigenvalue weighted by Crippen LogP contribution is -2.06. The van der Waals surface area contributed by atoms with Crippen molar-refractivity contribution >= 4 is 23.0 Å². The van der Waals surface area contributed by atoms with Gasteiger partial charge in [-0.05, 0) is 36.8 Å². The van der Waals surface area contributed by atoms with Gasteiger partial charge in [-0.15, -0.1) is 0 Å². The molecule has 1 aliphatic heterocycles. The molecule has 0 saturated heterocycles. The summed E-state index contributed by atoms with van der Waals surface area (Å²) in [4.78, 5) is 24.3. The highest BCUT2D eigenvalue weighted by atomic mass is 19.1. The Bertz CT molecular complexity index is 793. The Balaban J connectivity index is 2.05. The van der Waals surface area contributed by atoms with Crippen LogP contribution in [0.5, 0.6) is 0 Å². The maximum atomic E-state index is 13.3. The number of rotatable bonds is 2. The first-order chi connectivity index (χ1) is 10.1. The third-order valence-corrected chi connectivity index (χ3v) is 3.45. The molecule has 1 amide bonds. The Hall–Kier alpha value is -2.75. The van der Waals surface area contributed by atoms with Gasteiger partial charge in [-0.25, -0.2) is 4.39 Å². The van der Waals surface area contributed by atoms with Gasteiger partial charge in [-0.3, -0.25) is 9.59 Å². The average Bonchev–Trinajstić information content (AvgIpc) is 2.75. The smallest absolute Gasteiger partial charge is 0.256 e. The summed E-state index contributed by atoms with van der Waals surface area (Å²) in [6.07, 6.45) is 1.27. The molecule has 0 unspecified atom stereocenters. The van der Waals surface area contributed by atoms with Crippen molar-refractivity contribution in [1.82, 2.24) is 0 Å². The van der Waals surface area contributed by atoms with Crippen LogP contribution < -0.4 is 5.32 Å². The molecule has 0 radical (unpaired) electrons. The molecule has 4 heteroatoms. The van der Waals surface area contributed by atoms with Crippen molar-refractivity contribution in [3.05, 3.63) is 71.0 Å². The Morgan fingerprint density at radius 2 is 1.95 bits per heavy atom. The molecule has 3 rings (SSSR count). The van der Waals surface area contributed by atoms with E-state index in [0.29, 0.717) is 16.8 Å². The first-order valence-electron chi connectivity index (χ1n) is 6.49. The third-order valence-electron chi connectivity index (χ3n) is 3.45. The number of aryl methyl sites for hydroxylation is 1. The van der Waals surface area contributed by atoms with Crippen LogP contribution in [0, 0.1) is 12.7 Å². The van der Waals surface area contributed by atoms with E-state index in [-0.39, 0.29) is 11.4 Å². The first-order valence-corrected chi connectivity index (χ1v) is 6.49. The Kier molecular flexibility index (Phi) is 3.14. The molecule has 1 heterocycles. The van der Waals surface area contributed by atoms with Crippen molar-refractivity contribution in [2.75, 3.05) is 5.32 Å². The lowest BCUT2D eigenvalue weighted by atomic mass is 10.0. The lowest BCUT2D eigenvalue weighted by molar-refractivity contribution is -0.110. The maximum absolute atomic E-state index is 13.3. The predicted octanol–water partition coefficient (Wildman–Crippen LogP) is 3.35. The number of anilines is 1. The van der Waals surface area contributed by atoms with E-state index in [1.807, 2.05) is 19.1 Å². The van der Waals surface area contributed by atoms with Gasteiger partial charge in [0.1, 0.15) is 5.82 Å². The van der Waals surface area contributed by atoms with Gasteiger partial charge in [-0.1, -0.05) is 24.3 Å². The number of hydrogen-bond donors (Lipinski definition) is 1. The van der Waals surface area contributed by atoms with Crippen LogP contribution >= 0.6 is 0 Å². The summed E-state index contributed by atoms with van der Waals surface area (Å²) < 4.78 is 13.3. The fourth-order valence-corrected chi connectivity index (χ4v) is 2.36.